The van der Waals surface area contributed by atoms with Crippen molar-refractivity contribution >= 4 is 155 Å². The number of Topliss-reactive ketones (excluding diaryl/α,β-unsaturated/α-hetero) is 2. The molecular weight excluding hydrogens is 1460 g/mol. The Hall–Kier alpha value is 3.31. The summed E-state index contributed by atoms with van der Waals surface area (Å²) in [6, 6.07) is 22.0. The fraction of sp³-hybridized carbons (Fsp3) is 0.634. The van der Waals surface area contributed by atoms with Gasteiger partial charge in [0.05, 0.1) is 0 Å². The van der Waals surface area contributed by atoms with Crippen LogP contribution in [0.3, 0.4) is 0 Å². The van der Waals surface area contributed by atoms with E-state index in [1.807, 2.05) is 14.1 Å². The zero-order valence-corrected chi connectivity index (χ0v) is 50.6. The van der Waals surface area contributed by atoms with E-state index in [0.29, 0.717) is 27.5 Å². The zero-order chi connectivity index (χ0) is 39.3. The number of halogens is 9. The number of rotatable bonds is 6. The van der Waals surface area contributed by atoms with Crippen molar-refractivity contribution in [1.29, 1.82) is 0 Å². The van der Waals surface area contributed by atoms with Crippen LogP contribution in [0, 0.1) is 5.92 Å². The van der Waals surface area contributed by atoms with Crippen molar-refractivity contribution in [2.75, 3.05) is 60.9 Å². The molecule has 0 N–H and O–H groups in total. The van der Waals surface area contributed by atoms with Crippen LogP contribution in [-0.4, -0.2) is 98.5 Å². The molecule has 1 atom stereocenters. The van der Waals surface area contributed by atoms with E-state index in [2.05, 4.69) is 196 Å². The molecule has 6 nitrogen and oxygen atoms in total. The first-order valence-corrected chi connectivity index (χ1v) is 41.3. The summed E-state index contributed by atoms with van der Waals surface area (Å²) in [5.41, 5.74) is 3.28. The van der Waals surface area contributed by atoms with Gasteiger partial charge in [-0.2, -0.15) is 0 Å². The summed E-state index contributed by atoms with van der Waals surface area (Å²) in [4.78, 5) is 31.0. The van der Waals surface area contributed by atoms with Crippen molar-refractivity contribution in [2.45, 2.75) is 102 Å². The standard InChI is InChI=1S/C20H30N2O.C17H23NO.C3H8N.CH4.4ClH.5HI.2V/c1-21(2)15-17-16-22(14-11-19(17)23)20(12-7-4-8-13-20)18-9-5-3-6-10-18;19-16-9-13-18(14-10-16)17(11-5-2-6-12-17)15-7-3-1-4-8-15;1-4(2)3;;;;;;;;;;;;/h3,5-6,9-10,17H,4,7-8,11-16H2,1-2H3;1,3-4,7-8H,2,5-6,9-14H2;1H2,2-3H3;1H4;9*1H;;/q;;+1;;;;;;;;;;;+2;+3/p-6. The van der Waals surface area contributed by atoms with E-state index in [4.69, 9.17) is 0 Å². The van der Waals surface area contributed by atoms with Crippen LogP contribution >= 0.6 is 137 Å². The number of nitrogens with zero attached hydrogens (tertiary/aromatic N) is 4. The zero-order valence-electron chi connectivity index (χ0n) is 33.8. The van der Waals surface area contributed by atoms with Crippen molar-refractivity contribution in [2.24, 2.45) is 5.92 Å². The summed E-state index contributed by atoms with van der Waals surface area (Å²) in [5, 5.41) is 0. The van der Waals surface area contributed by atoms with E-state index >= 15 is 0 Å². The Morgan fingerprint density at radius 1 is 0.724 bits per heavy atom. The first-order chi connectivity index (χ1) is 25.3. The first kappa shape index (κ1) is 67.9. The van der Waals surface area contributed by atoms with E-state index in [0.717, 1.165) is 45.6 Å². The van der Waals surface area contributed by atoms with Gasteiger partial charge < -0.3 is 17.3 Å². The second-order valence-electron chi connectivity index (χ2n) is 14.9. The predicted octanol–water partition coefficient (Wildman–Crippen LogP) is 10.1. The normalized spacial score (nSPS) is 19.5. The van der Waals surface area contributed by atoms with Crippen molar-refractivity contribution in [1.82, 2.24) is 14.7 Å². The van der Waals surface area contributed by atoms with Crippen molar-refractivity contribution < 1.29 is 41.0 Å². The quantitative estimate of drug-likeness (QED) is 0.164. The monoisotopic (exact) mass is 1520 g/mol. The van der Waals surface area contributed by atoms with Crippen LogP contribution in [0.5, 0.6) is 0 Å². The van der Waals surface area contributed by atoms with Gasteiger partial charge in [0.1, 0.15) is 32.4 Å². The Labute approximate surface area is 444 Å². The Bertz CT molecular complexity index is 1340. The average molecular weight is 1530 g/mol. The van der Waals surface area contributed by atoms with Gasteiger partial charge in [0.2, 0.25) is 0 Å². The molecule has 1 unspecified atom stereocenters. The van der Waals surface area contributed by atoms with Gasteiger partial charge in [-0.3, -0.25) is 19.4 Å². The molecule has 0 spiro atoms. The Morgan fingerprint density at radius 2 is 1.05 bits per heavy atom. The third-order valence-corrected chi connectivity index (χ3v) is 10.6. The van der Waals surface area contributed by atoms with E-state index in [9.17, 15) is 9.59 Å². The molecule has 0 bridgehead atoms. The maximum atomic E-state index is 12.3. The molecule has 2 aromatic rings. The van der Waals surface area contributed by atoms with Crippen molar-refractivity contribution in [3.05, 3.63) is 71.8 Å². The molecule has 2 aliphatic carbocycles. The first-order valence-electron chi connectivity index (χ1n) is 18.8. The molecule has 58 heavy (non-hydrogen) atoms. The maximum absolute atomic E-state index is 12.3. The molecule has 0 radical (unpaired) electrons. The van der Waals surface area contributed by atoms with Gasteiger partial charge in [0.25, 0.3) is 0 Å². The molecule has 17 heteroatoms. The van der Waals surface area contributed by atoms with Crippen LogP contribution in [0.15, 0.2) is 60.7 Å². The number of hydrogen-bond acceptors (Lipinski definition) is 5. The second-order valence-corrected chi connectivity index (χ2v) is 62.1. The van der Waals surface area contributed by atoms with Crippen LogP contribution in [0.1, 0.15) is 102 Å². The van der Waals surface area contributed by atoms with Gasteiger partial charge in [0.15, 0.2) is 0 Å². The van der Waals surface area contributed by atoms with Crippen LogP contribution in [0.25, 0.3) is 0 Å². The van der Waals surface area contributed by atoms with E-state index in [-0.39, 0.29) is 79.0 Å². The van der Waals surface area contributed by atoms with Gasteiger partial charge in [-0.05, 0) is 50.9 Å². The average Bonchev–Trinajstić information content (AvgIpc) is 3.14. The number of likely N-dealkylation sites (tertiary alicyclic amines) is 2. The minimum absolute atomic E-state index is 0. The number of ketones is 2. The van der Waals surface area contributed by atoms with Gasteiger partial charge in [-0.1, -0.05) is 107 Å². The summed E-state index contributed by atoms with van der Waals surface area (Å²) in [5.74, 6) is 1.06. The topological polar surface area (TPSA) is 46.9 Å². The van der Waals surface area contributed by atoms with Gasteiger partial charge in [-0.25, -0.2) is 4.58 Å². The summed E-state index contributed by atoms with van der Waals surface area (Å²) in [7, 11) is 8.54. The number of carbonyl (C=O) groups excluding carboxylic acids is 2. The molecule has 337 valence electrons. The van der Waals surface area contributed by atoms with Crippen LogP contribution in [0.4, 0.5) is 0 Å². The van der Waals surface area contributed by atoms with E-state index in [1.54, 1.807) is 4.58 Å². The number of hydrogen-bond donors (Lipinski definition) is 0. The Kier molecular flexibility index (Phi) is 45.0. The third-order valence-electron chi connectivity index (χ3n) is 10.6. The second kappa shape index (κ2) is 38.4. The summed E-state index contributed by atoms with van der Waals surface area (Å²) in [6.45, 7) is 8.10. The number of piperidine rings is 2. The molecule has 2 aliphatic heterocycles. The molecule has 4 fully saturated rings. The van der Waals surface area contributed by atoms with Gasteiger partial charge in [0, 0.05) is 69.0 Å². The van der Waals surface area contributed by atoms with E-state index in [1.165, 1.54) is 75.3 Å². The molecular formula is C41H68Cl4I5N4O2V2. The molecule has 4 aliphatic rings. The Balaban J connectivity index is -0.000000378. The van der Waals surface area contributed by atoms with Gasteiger partial charge in [-0.15, -0.1) is 37.2 Å². The molecule has 2 saturated carbocycles. The molecule has 6 rings (SSSR count). The molecule has 0 aromatic heterocycles. The Morgan fingerprint density at radius 3 is 1.40 bits per heavy atom. The van der Waals surface area contributed by atoms with Gasteiger partial charge >= 0.3 is 114 Å². The molecule has 2 aromatic carbocycles. The fourth-order valence-corrected chi connectivity index (χ4v) is 8.43. The number of carbonyl (C=O) groups is 2. The molecule has 2 heterocycles. The molecule has 2 saturated heterocycles. The van der Waals surface area contributed by atoms with Crippen LogP contribution < -0.4 is 12.4 Å². The molecule has 0 amide bonds. The van der Waals surface area contributed by atoms with Crippen LogP contribution in [0.2, 0.25) is 0 Å². The SMILES string of the molecule is C.C=[N+](C)C.CN(C)CC1CN(C2(c3ccccc3)CCCCC2)CCC1=O.Cl.Cl.Cl.O=C1CCN(C2(c3ccccc3)CCCCC2)CC1.[Cl-].[I][V]([I])[I].[I][V][I]. The summed E-state index contributed by atoms with van der Waals surface area (Å²) in [6.07, 6.45) is 15.1. The predicted molar refractivity (Wildman–Crippen MR) is 289 cm³/mol. The van der Waals surface area contributed by atoms with Crippen molar-refractivity contribution in [3.8, 4) is 0 Å². The van der Waals surface area contributed by atoms with Crippen LogP contribution in [-0.2, 0) is 35.1 Å². The van der Waals surface area contributed by atoms with E-state index < -0.39 is 0 Å². The number of benzene rings is 2. The summed E-state index contributed by atoms with van der Waals surface area (Å²) >= 11 is 12.1. The van der Waals surface area contributed by atoms with Crippen molar-refractivity contribution in [3.63, 3.8) is 0 Å². The fourth-order valence-electron chi connectivity index (χ4n) is 8.43. The minimum atomic E-state index is -0.278. The third kappa shape index (κ3) is 24.7. The summed E-state index contributed by atoms with van der Waals surface area (Å²) < 4.78 is 1.75.